The minimum absolute atomic E-state index is 0.576. The second kappa shape index (κ2) is 8.03. The van der Waals surface area contributed by atoms with Gasteiger partial charge in [-0.3, -0.25) is 0 Å². The lowest BCUT2D eigenvalue weighted by molar-refractivity contribution is 0.503. The van der Waals surface area contributed by atoms with Crippen molar-refractivity contribution in [3.63, 3.8) is 0 Å². The third-order valence-corrected chi connectivity index (χ3v) is 3.33. The minimum atomic E-state index is 0.576. The van der Waals surface area contributed by atoms with Gasteiger partial charge < -0.3 is 10.2 Å². The Hall–Kier alpha value is -1.25. The van der Waals surface area contributed by atoms with E-state index in [1.54, 1.807) is 0 Å². The molecule has 1 rings (SSSR count). The van der Waals surface area contributed by atoms with E-state index in [1.165, 1.54) is 0 Å². The van der Waals surface area contributed by atoms with Crippen molar-refractivity contribution in [1.29, 1.82) is 0 Å². The summed E-state index contributed by atoms with van der Waals surface area (Å²) in [4.78, 5) is 7.21. The summed E-state index contributed by atoms with van der Waals surface area (Å²) in [6.45, 7) is 13.1. The Kier molecular flexibility index (Phi) is 6.68. The predicted molar refractivity (Wildman–Crippen MR) is 85.0 cm³/mol. The van der Waals surface area contributed by atoms with Crippen LogP contribution in [-0.2, 0) is 0 Å². The molecule has 19 heavy (non-hydrogen) atoms. The number of hydrogen-bond acceptors (Lipinski definition) is 3. The SMILES string of the molecule is CCNc1cccc(N(CC(C)C)C(CC)CC)n1. The van der Waals surface area contributed by atoms with E-state index in [4.69, 9.17) is 4.98 Å². The Bertz CT molecular complexity index is 359. The van der Waals surface area contributed by atoms with Gasteiger partial charge in [-0.05, 0) is 37.8 Å². The normalized spacial score (nSPS) is 11.1. The molecular weight excluding hydrogens is 234 g/mol. The molecule has 0 aromatic carbocycles. The maximum atomic E-state index is 4.75. The summed E-state index contributed by atoms with van der Waals surface area (Å²) in [5, 5.41) is 3.29. The van der Waals surface area contributed by atoms with Crippen LogP contribution in [0.15, 0.2) is 18.2 Å². The van der Waals surface area contributed by atoms with Crippen LogP contribution >= 0.6 is 0 Å². The summed E-state index contributed by atoms with van der Waals surface area (Å²) in [7, 11) is 0. The molecule has 0 unspecified atom stereocenters. The molecule has 0 radical (unpaired) electrons. The van der Waals surface area contributed by atoms with Crippen LogP contribution in [0.3, 0.4) is 0 Å². The van der Waals surface area contributed by atoms with Gasteiger partial charge in [0.2, 0.25) is 0 Å². The Morgan fingerprint density at radius 2 is 1.84 bits per heavy atom. The average Bonchev–Trinajstić information content (AvgIpc) is 2.39. The molecule has 1 heterocycles. The molecule has 1 aromatic heterocycles. The highest BCUT2D eigenvalue weighted by Crippen LogP contribution is 2.21. The molecule has 0 aliphatic rings. The van der Waals surface area contributed by atoms with Gasteiger partial charge in [0.1, 0.15) is 11.6 Å². The van der Waals surface area contributed by atoms with Crippen LogP contribution in [0.1, 0.15) is 47.5 Å². The monoisotopic (exact) mass is 263 g/mol. The number of anilines is 2. The Labute approximate surface area is 118 Å². The number of hydrogen-bond donors (Lipinski definition) is 1. The highest BCUT2D eigenvalue weighted by atomic mass is 15.2. The molecule has 108 valence electrons. The highest BCUT2D eigenvalue weighted by Gasteiger charge is 2.18. The second-order valence-corrected chi connectivity index (χ2v) is 5.43. The van der Waals surface area contributed by atoms with Crippen LogP contribution in [0.2, 0.25) is 0 Å². The second-order valence-electron chi connectivity index (χ2n) is 5.43. The van der Waals surface area contributed by atoms with Crippen LogP contribution < -0.4 is 10.2 Å². The predicted octanol–water partition coefficient (Wildman–Crippen LogP) is 4.16. The minimum Gasteiger partial charge on any atom is -0.370 e. The van der Waals surface area contributed by atoms with Crippen LogP contribution in [0, 0.1) is 5.92 Å². The maximum Gasteiger partial charge on any atom is 0.131 e. The standard InChI is InChI=1S/C16H29N3/c1-6-14(7-2)19(12-13(4)5)16-11-9-10-15(18-16)17-8-3/h9-11,13-14H,6-8,12H2,1-5H3,(H,17,18). The van der Waals surface area contributed by atoms with Crippen molar-refractivity contribution < 1.29 is 0 Å². The van der Waals surface area contributed by atoms with Gasteiger partial charge in [0.25, 0.3) is 0 Å². The largest absolute Gasteiger partial charge is 0.370 e. The Balaban J connectivity index is 2.98. The molecule has 0 aliphatic carbocycles. The van der Waals surface area contributed by atoms with Gasteiger partial charge in [0.15, 0.2) is 0 Å². The van der Waals surface area contributed by atoms with E-state index in [0.717, 1.165) is 37.6 Å². The Morgan fingerprint density at radius 3 is 2.37 bits per heavy atom. The summed E-state index contributed by atoms with van der Waals surface area (Å²) in [6.07, 6.45) is 2.33. The molecule has 0 saturated carbocycles. The van der Waals surface area contributed by atoms with E-state index < -0.39 is 0 Å². The molecule has 0 fully saturated rings. The lowest BCUT2D eigenvalue weighted by atomic mass is 10.1. The van der Waals surface area contributed by atoms with Crippen molar-refractivity contribution in [3.05, 3.63) is 18.2 Å². The van der Waals surface area contributed by atoms with E-state index in [0.29, 0.717) is 12.0 Å². The molecule has 0 amide bonds. The fraction of sp³-hybridized carbons (Fsp3) is 0.688. The summed E-state index contributed by atoms with van der Waals surface area (Å²) in [5.41, 5.74) is 0. The molecule has 3 heteroatoms. The zero-order valence-corrected chi connectivity index (χ0v) is 13.1. The molecule has 3 nitrogen and oxygen atoms in total. The first-order valence-electron chi connectivity index (χ1n) is 7.59. The van der Waals surface area contributed by atoms with E-state index in [9.17, 15) is 0 Å². The smallest absolute Gasteiger partial charge is 0.131 e. The molecule has 0 atom stereocenters. The first kappa shape index (κ1) is 15.8. The van der Waals surface area contributed by atoms with Crippen LogP contribution in [0.4, 0.5) is 11.6 Å². The zero-order valence-electron chi connectivity index (χ0n) is 13.1. The summed E-state index contributed by atoms with van der Waals surface area (Å²) < 4.78 is 0. The van der Waals surface area contributed by atoms with Crippen molar-refractivity contribution >= 4 is 11.6 Å². The zero-order chi connectivity index (χ0) is 14.3. The molecule has 0 spiro atoms. The van der Waals surface area contributed by atoms with Gasteiger partial charge in [-0.2, -0.15) is 0 Å². The Morgan fingerprint density at radius 1 is 1.16 bits per heavy atom. The van der Waals surface area contributed by atoms with Gasteiger partial charge in [0, 0.05) is 19.1 Å². The first-order valence-corrected chi connectivity index (χ1v) is 7.59. The van der Waals surface area contributed by atoms with E-state index in [-0.39, 0.29) is 0 Å². The maximum absolute atomic E-state index is 4.75. The van der Waals surface area contributed by atoms with Crippen molar-refractivity contribution in [1.82, 2.24) is 4.98 Å². The lowest BCUT2D eigenvalue weighted by Crippen LogP contribution is -2.38. The summed E-state index contributed by atoms with van der Waals surface area (Å²) in [6, 6.07) is 6.83. The van der Waals surface area contributed by atoms with Gasteiger partial charge >= 0.3 is 0 Å². The van der Waals surface area contributed by atoms with E-state index >= 15 is 0 Å². The molecular formula is C16H29N3. The summed E-state index contributed by atoms with van der Waals surface area (Å²) in [5.74, 6) is 2.71. The lowest BCUT2D eigenvalue weighted by Gasteiger charge is -2.33. The van der Waals surface area contributed by atoms with Crippen LogP contribution in [0.25, 0.3) is 0 Å². The molecule has 0 aliphatic heterocycles. The number of pyridine rings is 1. The van der Waals surface area contributed by atoms with Crippen molar-refractivity contribution in [3.8, 4) is 0 Å². The fourth-order valence-electron chi connectivity index (χ4n) is 2.42. The molecule has 0 saturated heterocycles. The highest BCUT2D eigenvalue weighted by molar-refractivity contribution is 5.47. The van der Waals surface area contributed by atoms with Gasteiger partial charge in [0.05, 0.1) is 0 Å². The van der Waals surface area contributed by atoms with Gasteiger partial charge in [-0.25, -0.2) is 4.98 Å². The number of aromatic nitrogens is 1. The van der Waals surface area contributed by atoms with E-state index in [1.807, 2.05) is 6.07 Å². The van der Waals surface area contributed by atoms with Crippen LogP contribution in [0.5, 0.6) is 0 Å². The third kappa shape index (κ3) is 4.73. The molecule has 0 bridgehead atoms. The third-order valence-electron chi connectivity index (χ3n) is 3.33. The van der Waals surface area contributed by atoms with Gasteiger partial charge in [-0.1, -0.05) is 33.8 Å². The quantitative estimate of drug-likeness (QED) is 0.763. The van der Waals surface area contributed by atoms with Crippen molar-refractivity contribution in [2.45, 2.75) is 53.5 Å². The van der Waals surface area contributed by atoms with Gasteiger partial charge in [-0.15, -0.1) is 0 Å². The first-order chi connectivity index (χ1) is 9.12. The number of nitrogens with one attached hydrogen (secondary N) is 1. The molecule has 1 N–H and O–H groups in total. The average molecular weight is 263 g/mol. The van der Waals surface area contributed by atoms with E-state index in [2.05, 4.69) is 57.0 Å². The summed E-state index contributed by atoms with van der Waals surface area (Å²) >= 11 is 0. The number of nitrogens with zero attached hydrogens (tertiary/aromatic N) is 2. The number of rotatable bonds is 8. The van der Waals surface area contributed by atoms with Crippen LogP contribution in [-0.4, -0.2) is 24.1 Å². The topological polar surface area (TPSA) is 28.2 Å². The van der Waals surface area contributed by atoms with Crippen molar-refractivity contribution in [2.24, 2.45) is 5.92 Å². The molecule has 1 aromatic rings. The fourth-order valence-corrected chi connectivity index (χ4v) is 2.42. The van der Waals surface area contributed by atoms with Crippen molar-refractivity contribution in [2.75, 3.05) is 23.3 Å².